The lowest BCUT2D eigenvalue weighted by molar-refractivity contribution is 0.00820. The third kappa shape index (κ3) is 6.16. The second-order valence-electron chi connectivity index (χ2n) is 7.80. The molecule has 152 valence electrons. The highest BCUT2D eigenvalue weighted by Gasteiger charge is 2.34. The van der Waals surface area contributed by atoms with Gasteiger partial charge in [0.15, 0.2) is 5.96 Å². The van der Waals surface area contributed by atoms with Crippen LogP contribution in [-0.2, 0) is 17.7 Å². The summed E-state index contributed by atoms with van der Waals surface area (Å²) < 4.78 is 5.53. The van der Waals surface area contributed by atoms with E-state index in [-0.39, 0.29) is 0 Å². The molecule has 6 nitrogen and oxygen atoms in total. The third-order valence-electron chi connectivity index (χ3n) is 5.79. The van der Waals surface area contributed by atoms with Crippen LogP contribution >= 0.6 is 11.3 Å². The zero-order chi connectivity index (χ0) is 19.0. The average molecular weight is 394 g/mol. The Morgan fingerprint density at radius 1 is 1.26 bits per heavy atom. The number of nitrogens with zero attached hydrogens (tertiary/aromatic N) is 3. The van der Waals surface area contributed by atoms with Crippen molar-refractivity contribution in [3.05, 3.63) is 16.1 Å². The molecule has 2 aliphatic rings. The predicted octanol–water partition coefficient (Wildman–Crippen LogP) is 2.65. The quantitative estimate of drug-likeness (QED) is 0.551. The number of morpholine rings is 1. The van der Waals surface area contributed by atoms with Crippen molar-refractivity contribution in [2.75, 3.05) is 46.4 Å². The topological polar surface area (TPSA) is 61.8 Å². The molecule has 2 fully saturated rings. The Balaban J connectivity index is 1.52. The Labute approximate surface area is 167 Å². The highest BCUT2D eigenvalue weighted by atomic mass is 32.1. The van der Waals surface area contributed by atoms with Gasteiger partial charge in [-0.05, 0) is 19.3 Å². The van der Waals surface area contributed by atoms with Crippen LogP contribution in [0, 0.1) is 5.41 Å². The van der Waals surface area contributed by atoms with Crippen molar-refractivity contribution in [3.8, 4) is 0 Å². The Morgan fingerprint density at radius 3 is 2.70 bits per heavy atom. The lowest BCUT2D eigenvalue weighted by Gasteiger charge is -2.42. The van der Waals surface area contributed by atoms with Crippen LogP contribution in [0.2, 0.25) is 0 Å². The molecule has 1 saturated carbocycles. The number of hydrogen-bond donors (Lipinski definition) is 2. The van der Waals surface area contributed by atoms with Crippen molar-refractivity contribution >= 4 is 17.3 Å². The van der Waals surface area contributed by atoms with Gasteiger partial charge in [0.05, 0.1) is 19.8 Å². The lowest BCUT2D eigenvalue weighted by Crippen LogP contribution is -2.51. The van der Waals surface area contributed by atoms with Crippen LogP contribution in [0.4, 0.5) is 0 Å². The first-order valence-corrected chi connectivity index (χ1v) is 11.2. The summed E-state index contributed by atoms with van der Waals surface area (Å²) in [6, 6.07) is 0. The summed E-state index contributed by atoms with van der Waals surface area (Å²) in [5.41, 5.74) is 0.351. The van der Waals surface area contributed by atoms with Gasteiger partial charge in [-0.25, -0.2) is 4.98 Å². The molecule has 0 aromatic carbocycles. The highest BCUT2D eigenvalue weighted by Crippen LogP contribution is 2.36. The van der Waals surface area contributed by atoms with Gasteiger partial charge in [0.2, 0.25) is 0 Å². The van der Waals surface area contributed by atoms with Crippen LogP contribution in [0.25, 0.3) is 0 Å². The van der Waals surface area contributed by atoms with Gasteiger partial charge in [-0.2, -0.15) is 0 Å². The van der Waals surface area contributed by atoms with E-state index >= 15 is 0 Å². The van der Waals surface area contributed by atoms with E-state index in [1.807, 2.05) is 13.2 Å². The number of rotatable bonds is 7. The summed E-state index contributed by atoms with van der Waals surface area (Å²) in [5, 5.41) is 8.18. The molecule has 7 heteroatoms. The maximum atomic E-state index is 5.53. The fourth-order valence-electron chi connectivity index (χ4n) is 4.17. The fourth-order valence-corrected chi connectivity index (χ4v) is 4.97. The zero-order valence-electron chi connectivity index (χ0n) is 16.9. The van der Waals surface area contributed by atoms with E-state index in [0.29, 0.717) is 5.41 Å². The first-order chi connectivity index (χ1) is 13.2. The lowest BCUT2D eigenvalue weighted by atomic mass is 9.73. The average Bonchev–Trinajstić information content (AvgIpc) is 3.18. The van der Waals surface area contributed by atoms with Gasteiger partial charge in [0.1, 0.15) is 5.01 Å². The molecule has 3 rings (SSSR count). The van der Waals surface area contributed by atoms with Crippen LogP contribution in [0.15, 0.2) is 11.2 Å². The first-order valence-electron chi connectivity index (χ1n) is 10.4. The summed E-state index contributed by atoms with van der Waals surface area (Å²) in [4.78, 5) is 12.8. The maximum Gasteiger partial charge on any atom is 0.191 e. The van der Waals surface area contributed by atoms with Crippen molar-refractivity contribution in [2.24, 2.45) is 10.4 Å². The largest absolute Gasteiger partial charge is 0.379 e. The van der Waals surface area contributed by atoms with Crippen LogP contribution in [-0.4, -0.2) is 62.3 Å². The number of aliphatic imine (C=N–C) groups is 1. The molecule has 0 radical (unpaired) electrons. The molecule has 0 amide bonds. The molecule has 2 N–H and O–H groups in total. The Morgan fingerprint density at radius 2 is 2.04 bits per heavy atom. The normalized spacial score (nSPS) is 21.2. The minimum Gasteiger partial charge on any atom is -0.379 e. The van der Waals surface area contributed by atoms with E-state index in [1.165, 1.54) is 43.5 Å². The minimum atomic E-state index is 0.351. The molecule has 1 aliphatic heterocycles. The summed E-state index contributed by atoms with van der Waals surface area (Å²) in [6.07, 6.45) is 9.71. The van der Waals surface area contributed by atoms with E-state index < -0.39 is 0 Å². The number of aromatic nitrogens is 1. The predicted molar refractivity (Wildman–Crippen MR) is 112 cm³/mol. The molecule has 0 bridgehead atoms. The van der Waals surface area contributed by atoms with Gasteiger partial charge in [-0.1, -0.05) is 26.2 Å². The van der Waals surface area contributed by atoms with Crippen molar-refractivity contribution in [1.82, 2.24) is 20.5 Å². The summed E-state index contributed by atoms with van der Waals surface area (Å²) in [6.45, 7) is 8.95. The second-order valence-corrected chi connectivity index (χ2v) is 9.00. The summed E-state index contributed by atoms with van der Waals surface area (Å²) >= 11 is 1.78. The molecule has 1 saturated heterocycles. The molecule has 2 heterocycles. The Bertz CT molecular complexity index is 591. The van der Waals surface area contributed by atoms with E-state index in [2.05, 4.69) is 32.4 Å². The van der Waals surface area contributed by atoms with Gasteiger partial charge >= 0.3 is 0 Å². The number of nitrogens with one attached hydrogen (secondary N) is 2. The van der Waals surface area contributed by atoms with Crippen molar-refractivity contribution in [2.45, 2.75) is 52.0 Å². The minimum absolute atomic E-state index is 0.351. The van der Waals surface area contributed by atoms with E-state index in [0.717, 1.165) is 56.8 Å². The highest BCUT2D eigenvalue weighted by molar-refractivity contribution is 7.11. The van der Waals surface area contributed by atoms with Gasteiger partial charge in [0, 0.05) is 49.7 Å². The third-order valence-corrected chi connectivity index (χ3v) is 6.93. The van der Waals surface area contributed by atoms with E-state index in [4.69, 9.17) is 4.74 Å². The van der Waals surface area contributed by atoms with Crippen molar-refractivity contribution in [1.29, 1.82) is 0 Å². The van der Waals surface area contributed by atoms with Gasteiger partial charge < -0.3 is 15.4 Å². The van der Waals surface area contributed by atoms with Crippen LogP contribution in [0.1, 0.15) is 48.9 Å². The maximum absolute atomic E-state index is 5.53. The number of guanidine groups is 1. The zero-order valence-corrected chi connectivity index (χ0v) is 17.7. The fraction of sp³-hybridized carbons (Fsp3) is 0.800. The summed E-state index contributed by atoms with van der Waals surface area (Å²) in [7, 11) is 1.85. The monoisotopic (exact) mass is 393 g/mol. The Kier molecular flexibility index (Phi) is 7.91. The van der Waals surface area contributed by atoms with Gasteiger partial charge in [-0.3, -0.25) is 9.89 Å². The molecule has 1 aromatic rings. The van der Waals surface area contributed by atoms with Crippen LogP contribution in [0.5, 0.6) is 0 Å². The first kappa shape index (κ1) is 20.6. The second kappa shape index (κ2) is 10.4. The molecule has 0 spiro atoms. The van der Waals surface area contributed by atoms with Gasteiger partial charge in [-0.15, -0.1) is 11.3 Å². The standard InChI is InChI=1S/C20H35N5OS/c1-3-17-13-22-18(27-17)14-23-19(21-2)24-15-20(7-5-4-6-8-20)16-25-9-11-26-12-10-25/h13H,3-12,14-16H2,1-2H3,(H2,21,23,24). The SMILES string of the molecule is CCc1cnc(CNC(=NC)NCC2(CN3CCOCC3)CCCCC2)s1. The molecular formula is C20H35N5OS. The molecule has 0 atom stereocenters. The number of thiazole rings is 1. The van der Waals surface area contributed by atoms with Crippen LogP contribution in [0.3, 0.4) is 0 Å². The number of hydrogen-bond acceptors (Lipinski definition) is 5. The van der Waals surface area contributed by atoms with Crippen LogP contribution < -0.4 is 10.6 Å². The Hall–Kier alpha value is -1.18. The number of ether oxygens (including phenoxy) is 1. The molecule has 27 heavy (non-hydrogen) atoms. The summed E-state index contributed by atoms with van der Waals surface area (Å²) in [5.74, 6) is 0.884. The van der Waals surface area contributed by atoms with Gasteiger partial charge in [0.25, 0.3) is 0 Å². The van der Waals surface area contributed by atoms with Crippen molar-refractivity contribution in [3.63, 3.8) is 0 Å². The van der Waals surface area contributed by atoms with E-state index in [1.54, 1.807) is 11.3 Å². The molecule has 0 unspecified atom stereocenters. The molecule has 1 aliphatic carbocycles. The smallest absolute Gasteiger partial charge is 0.191 e. The van der Waals surface area contributed by atoms with Crippen molar-refractivity contribution < 1.29 is 4.74 Å². The molecule has 1 aromatic heterocycles. The van der Waals surface area contributed by atoms with E-state index in [9.17, 15) is 0 Å². The molecular weight excluding hydrogens is 358 g/mol. The number of aryl methyl sites for hydroxylation is 1.